The van der Waals surface area contributed by atoms with Crippen molar-refractivity contribution in [3.05, 3.63) is 41.5 Å². The van der Waals surface area contributed by atoms with Crippen LogP contribution in [-0.2, 0) is 20.7 Å². The lowest BCUT2D eigenvalue weighted by Gasteiger charge is -2.58. The lowest BCUT2D eigenvalue weighted by Crippen LogP contribution is -2.51. The van der Waals surface area contributed by atoms with Gasteiger partial charge in [-0.25, -0.2) is 0 Å². The number of halogens is 2. The van der Waals surface area contributed by atoms with Crippen molar-refractivity contribution in [2.75, 3.05) is 29.7 Å². The van der Waals surface area contributed by atoms with Crippen LogP contribution in [0.4, 0.5) is 5.69 Å². The molecule has 0 aromatic heterocycles. The molecule has 4 aliphatic rings. The van der Waals surface area contributed by atoms with E-state index in [-0.39, 0.29) is 28.8 Å². The van der Waals surface area contributed by atoms with Crippen molar-refractivity contribution in [3.63, 3.8) is 0 Å². The molecule has 0 unspecified atom stereocenters. The molecule has 1 aromatic rings. The molecule has 0 saturated heterocycles. The second-order valence-corrected chi connectivity index (χ2v) is 13.9. The Labute approximate surface area is 244 Å². The van der Waals surface area contributed by atoms with Crippen molar-refractivity contribution < 1.29 is 14.3 Å². The van der Waals surface area contributed by atoms with Gasteiger partial charge in [-0.15, -0.1) is 23.2 Å². The third-order valence-electron chi connectivity index (χ3n) is 11.2. The van der Waals surface area contributed by atoms with Gasteiger partial charge in [0.05, 0.1) is 6.42 Å². The molecule has 0 heterocycles. The zero-order chi connectivity index (χ0) is 27.8. The number of fused-ring (bicyclic) bond motifs is 5. The summed E-state index contributed by atoms with van der Waals surface area (Å²) in [6.45, 7) is 8.18. The fourth-order valence-corrected chi connectivity index (χ4v) is 9.60. The van der Waals surface area contributed by atoms with E-state index in [1.807, 2.05) is 31.2 Å². The Bertz CT molecular complexity index is 1080. The zero-order valence-corrected chi connectivity index (χ0v) is 25.4. The number of allylic oxidation sites excluding steroid dienone is 1. The SMILES string of the molecule is CC(=O)[C@H]1CC[C@H]2[C@@H]3CC=C4C[C@H](OC(=O)Cc5ccc(N(CCCl)CCCl)cc5)CC[C@]4(C)[C@H]3CC[C@]12C. The van der Waals surface area contributed by atoms with Gasteiger partial charge < -0.3 is 9.64 Å². The first-order chi connectivity index (χ1) is 18.7. The number of ketones is 1. The molecule has 4 nitrogen and oxygen atoms in total. The molecule has 0 spiro atoms. The number of alkyl halides is 2. The van der Waals surface area contributed by atoms with Crippen LogP contribution in [0.25, 0.3) is 0 Å². The van der Waals surface area contributed by atoms with Gasteiger partial charge in [0.25, 0.3) is 0 Å². The molecule has 0 amide bonds. The van der Waals surface area contributed by atoms with Gasteiger partial charge in [-0.2, -0.15) is 0 Å². The number of anilines is 1. The average molecular weight is 575 g/mol. The minimum Gasteiger partial charge on any atom is -0.462 e. The summed E-state index contributed by atoms with van der Waals surface area (Å²) in [5.41, 5.74) is 3.94. The molecule has 4 aliphatic carbocycles. The second kappa shape index (κ2) is 11.8. The molecule has 39 heavy (non-hydrogen) atoms. The minimum atomic E-state index is -0.140. The summed E-state index contributed by atoms with van der Waals surface area (Å²) < 4.78 is 6.04. The third kappa shape index (κ3) is 5.54. The number of carbonyl (C=O) groups excluding carboxylic acids is 2. The fraction of sp³-hybridized carbons (Fsp3) is 0.697. The van der Waals surface area contributed by atoms with Crippen LogP contribution in [0.1, 0.15) is 77.7 Å². The Kier molecular flexibility index (Phi) is 8.74. The highest BCUT2D eigenvalue weighted by atomic mass is 35.5. The third-order valence-corrected chi connectivity index (χ3v) is 11.5. The van der Waals surface area contributed by atoms with E-state index in [4.69, 9.17) is 27.9 Å². The first kappa shape index (κ1) is 29.0. The Balaban J connectivity index is 1.19. The topological polar surface area (TPSA) is 46.6 Å². The van der Waals surface area contributed by atoms with Crippen molar-refractivity contribution in [2.45, 2.75) is 84.7 Å². The van der Waals surface area contributed by atoms with Crippen molar-refractivity contribution in [2.24, 2.45) is 34.5 Å². The van der Waals surface area contributed by atoms with Crippen LogP contribution in [0.2, 0.25) is 0 Å². The predicted octanol–water partition coefficient (Wildman–Crippen LogP) is 7.59. The second-order valence-electron chi connectivity index (χ2n) is 13.1. The number of ether oxygens (including phenoxy) is 1. The first-order valence-electron chi connectivity index (χ1n) is 15.0. The van der Waals surface area contributed by atoms with Gasteiger partial charge in [0.2, 0.25) is 0 Å². The van der Waals surface area contributed by atoms with E-state index in [0.717, 1.165) is 56.4 Å². The van der Waals surface area contributed by atoms with Crippen molar-refractivity contribution >= 4 is 40.6 Å². The summed E-state index contributed by atoms with van der Waals surface area (Å²) in [6, 6.07) is 8.08. The van der Waals surface area contributed by atoms with Gasteiger partial charge in [-0.1, -0.05) is 37.6 Å². The number of esters is 1. The van der Waals surface area contributed by atoms with Crippen molar-refractivity contribution in [1.82, 2.24) is 0 Å². The summed E-state index contributed by atoms with van der Waals surface area (Å²) in [5.74, 6) is 3.64. The lowest BCUT2D eigenvalue weighted by molar-refractivity contribution is -0.150. The van der Waals surface area contributed by atoms with Crippen LogP contribution in [0, 0.1) is 34.5 Å². The van der Waals surface area contributed by atoms with E-state index >= 15 is 0 Å². The van der Waals surface area contributed by atoms with Crippen LogP contribution in [-0.4, -0.2) is 42.7 Å². The highest BCUT2D eigenvalue weighted by Gasteiger charge is 2.59. The molecule has 214 valence electrons. The smallest absolute Gasteiger partial charge is 0.310 e. The van der Waals surface area contributed by atoms with Gasteiger partial charge in [0.15, 0.2) is 0 Å². The number of hydrogen-bond donors (Lipinski definition) is 0. The summed E-state index contributed by atoms with van der Waals surface area (Å²) in [5, 5.41) is 0. The van der Waals surface area contributed by atoms with Gasteiger partial charge >= 0.3 is 5.97 Å². The van der Waals surface area contributed by atoms with Crippen LogP contribution in [0.15, 0.2) is 35.9 Å². The molecule has 0 aliphatic heterocycles. The number of carbonyl (C=O) groups is 2. The lowest BCUT2D eigenvalue weighted by atomic mass is 9.47. The quantitative estimate of drug-likeness (QED) is 0.173. The van der Waals surface area contributed by atoms with E-state index in [1.54, 1.807) is 0 Å². The Morgan fingerprint density at radius 1 is 0.974 bits per heavy atom. The van der Waals surface area contributed by atoms with Crippen LogP contribution in [0.3, 0.4) is 0 Å². The van der Waals surface area contributed by atoms with Gasteiger partial charge in [-0.3, -0.25) is 9.59 Å². The maximum atomic E-state index is 12.9. The maximum absolute atomic E-state index is 12.9. The normalized spacial score (nSPS) is 35.3. The van der Waals surface area contributed by atoms with E-state index in [1.165, 1.54) is 24.8 Å². The molecule has 0 bridgehead atoms. The molecule has 5 rings (SSSR count). The summed E-state index contributed by atoms with van der Waals surface area (Å²) in [7, 11) is 0. The van der Waals surface area contributed by atoms with Gasteiger partial charge in [-0.05, 0) is 98.1 Å². The predicted molar refractivity (Wildman–Crippen MR) is 160 cm³/mol. The maximum Gasteiger partial charge on any atom is 0.310 e. The van der Waals surface area contributed by atoms with Crippen LogP contribution < -0.4 is 4.90 Å². The number of Topliss-reactive ketones (excluding diaryl/α,β-unsaturated/α-hetero) is 1. The van der Waals surface area contributed by atoms with Crippen molar-refractivity contribution in [3.8, 4) is 0 Å². The Morgan fingerprint density at radius 2 is 1.69 bits per heavy atom. The molecule has 1 aromatic carbocycles. The number of rotatable bonds is 9. The molecule has 3 fully saturated rings. The molecule has 0 radical (unpaired) electrons. The van der Waals surface area contributed by atoms with E-state index in [0.29, 0.717) is 41.7 Å². The molecular formula is C33H45Cl2NO3. The van der Waals surface area contributed by atoms with E-state index < -0.39 is 0 Å². The van der Waals surface area contributed by atoms with E-state index in [2.05, 4.69) is 24.8 Å². The van der Waals surface area contributed by atoms with E-state index in [9.17, 15) is 9.59 Å². The molecular weight excluding hydrogens is 529 g/mol. The molecule has 3 saturated carbocycles. The monoisotopic (exact) mass is 573 g/mol. The highest BCUT2D eigenvalue weighted by Crippen LogP contribution is 2.66. The largest absolute Gasteiger partial charge is 0.462 e. The standard InChI is InChI=1S/C33H45Cl2NO3/c1-22(37)28-10-11-29-27-9-6-24-21-26(12-14-32(24,2)30(27)13-15-33(28,29)3)39-31(38)20-23-4-7-25(8-5-23)36(18-16-34)19-17-35/h4-8,26-30H,9-21H2,1-3H3/t26-,27+,28-,29+,30+,32+,33-/m1/s1. The Morgan fingerprint density at radius 3 is 2.36 bits per heavy atom. The Hall–Kier alpha value is -1.52. The number of nitrogens with zero attached hydrogens (tertiary/aromatic N) is 1. The summed E-state index contributed by atoms with van der Waals surface area (Å²) >= 11 is 11.9. The zero-order valence-electron chi connectivity index (χ0n) is 23.9. The summed E-state index contributed by atoms with van der Waals surface area (Å²) in [4.78, 5) is 27.5. The number of hydrogen-bond acceptors (Lipinski definition) is 4. The van der Waals surface area contributed by atoms with Gasteiger partial charge in [0, 0.05) is 42.9 Å². The average Bonchev–Trinajstić information content (AvgIpc) is 3.27. The molecule has 0 N–H and O–H groups in total. The highest BCUT2D eigenvalue weighted by molar-refractivity contribution is 6.18. The molecule has 7 atom stereocenters. The minimum absolute atomic E-state index is 0.0296. The van der Waals surface area contributed by atoms with Gasteiger partial charge in [0.1, 0.15) is 11.9 Å². The molecule has 6 heteroatoms. The summed E-state index contributed by atoms with van der Waals surface area (Å²) in [6.07, 6.45) is 11.5. The number of benzene rings is 1. The van der Waals surface area contributed by atoms with Crippen LogP contribution in [0.5, 0.6) is 0 Å². The first-order valence-corrected chi connectivity index (χ1v) is 16.1. The fourth-order valence-electron chi connectivity index (χ4n) is 9.19. The van der Waals surface area contributed by atoms with Crippen LogP contribution >= 0.6 is 23.2 Å². The van der Waals surface area contributed by atoms with Crippen molar-refractivity contribution in [1.29, 1.82) is 0 Å².